The fourth-order valence-corrected chi connectivity index (χ4v) is 2.15. The zero-order valence-electron chi connectivity index (χ0n) is 8.58. The zero-order chi connectivity index (χ0) is 10.6. The minimum atomic E-state index is -0.436. The third kappa shape index (κ3) is 2.85. The first kappa shape index (κ1) is 11.8. The molecule has 1 amide bonds. The summed E-state index contributed by atoms with van der Waals surface area (Å²) < 4.78 is 0. The summed E-state index contributed by atoms with van der Waals surface area (Å²) in [6, 6.07) is -0.000494. The molecule has 2 unspecified atom stereocenters. The maximum absolute atomic E-state index is 11.6. The van der Waals surface area contributed by atoms with Crippen LogP contribution in [-0.4, -0.2) is 40.5 Å². The first-order valence-electron chi connectivity index (χ1n) is 5.20. The van der Waals surface area contributed by atoms with Crippen LogP contribution in [0.5, 0.6) is 0 Å². The molecular formula is C10H18ClNO2. The number of hydrogen-bond acceptors (Lipinski definition) is 2. The van der Waals surface area contributed by atoms with Crippen molar-refractivity contribution in [3.63, 3.8) is 0 Å². The Balaban J connectivity index is 2.57. The minimum Gasteiger partial charge on any atom is -0.391 e. The highest BCUT2D eigenvalue weighted by molar-refractivity contribution is 6.18. The van der Waals surface area contributed by atoms with E-state index in [2.05, 4.69) is 0 Å². The van der Waals surface area contributed by atoms with Gasteiger partial charge in [0.15, 0.2) is 0 Å². The van der Waals surface area contributed by atoms with Gasteiger partial charge in [0, 0.05) is 18.8 Å². The highest BCUT2D eigenvalue weighted by Gasteiger charge is 2.29. The van der Waals surface area contributed by atoms with Crippen LogP contribution in [0.25, 0.3) is 0 Å². The Labute approximate surface area is 90.0 Å². The van der Waals surface area contributed by atoms with E-state index in [-0.39, 0.29) is 11.9 Å². The standard InChI is InChI=1S/C10H18ClNO2/c1-8(13)9-4-2-3-7-12(9)10(14)5-6-11/h8-9,13H,2-7H2,1H3. The van der Waals surface area contributed by atoms with E-state index in [1.165, 1.54) is 0 Å². The van der Waals surface area contributed by atoms with Crippen molar-refractivity contribution in [1.29, 1.82) is 0 Å². The van der Waals surface area contributed by atoms with Gasteiger partial charge in [0.2, 0.25) is 5.91 Å². The number of carbonyl (C=O) groups excluding carboxylic acids is 1. The number of amides is 1. The first-order chi connectivity index (χ1) is 6.66. The van der Waals surface area contributed by atoms with Gasteiger partial charge in [-0.25, -0.2) is 0 Å². The third-order valence-corrected chi connectivity index (χ3v) is 2.92. The fraction of sp³-hybridized carbons (Fsp3) is 0.900. The van der Waals surface area contributed by atoms with Gasteiger partial charge < -0.3 is 10.0 Å². The Bertz CT molecular complexity index is 197. The second-order valence-electron chi connectivity index (χ2n) is 3.83. The van der Waals surface area contributed by atoms with Crippen molar-refractivity contribution in [3.8, 4) is 0 Å². The number of piperidine rings is 1. The number of carbonyl (C=O) groups is 1. The maximum Gasteiger partial charge on any atom is 0.224 e. The smallest absolute Gasteiger partial charge is 0.224 e. The molecule has 1 rings (SSSR count). The van der Waals surface area contributed by atoms with Crippen molar-refractivity contribution >= 4 is 17.5 Å². The summed E-state index contributed by atoms with van der Waals surface area (Å²) in [5.41, 5.74) is 0. The summed E-state index contributed by atoms with van der Waals surface area (Å²) in [5.74, 6) is 0.438. The second kappa shape index (κ2) is 5.56. The summed E-state index contributed by atoms with van der Waals surface area (Å²) in [6.45, 7) is 2.52. The van der Waals surface area contributed by atoms with Gasteiger partial charge >= 0.3 is 0 Å². The molecule has 1 saturated heterocycles. The molecule has 0 bridgehead atoms. The number of aliphatic hydroxyl groups is 1. The Hall–Kier alpha value is -0.280. The molecular weight excluding hydrogens is 202 g/mol. The van der Waals surface area contributed by atoms with Gasteiger partial charge in [-0.3, -0.25) is 4.79 Å². The van der Waals surface area contributed by atoms with E-state index in [1.54, 1.807) is 11.8 Å². The van der Waals surface area contributed by atoms with Crippen LogP contribution >= 0.6 is 11.6 Å². The number of aliphatic hydroxyl groups excluding tert-OH is 1. The van der Waals surface area contributed by atoms with Crippen LogP contribution in [0.2, 0.25) is 0 Å². The summed E-state index contributed by atoms with van der Waals surface area (Å²) in [6.07, 6.45) is 2.99. The lowest BCUT2D eigenvalue weighted by Crippen LogP contribution is -2.48. The average molecular weight is 220 g/mol. The monoisotopic (exact) mass is 219 g/mol. The molecule has 0 aliphatic carbocycles. The van der Waals surface area contributed by atoms with Crippen molar-refractivity contribution in [2.24, 2.45) is 0 Å². The average Bonchev–Trinajstić information content (AvgIpc) is 2.18. The Morgan fingerprint density at radius 1 is 1.64 bits per heavy atom. The van der Waals surface area contributed by atoms with Crippen LogP contribution in [0, 0.1) is 0 Å². The summed E-state index contributed by atoms with van der Waals surface area (Å²) >= 11 is 5.53. The maximum atomic E-state index is 11.6. The van der Waals surface area contributed by atoms with Crippen LogP contribution in [0.3, 0.4) is 0 Å². The zero-order valence-corrected chi connectivity index (χ0v) is 9.33. The predicted octanol–water partition coefficient (Wildman–Crippen LogP) is 1.38. The van der Waals surface area contributed by atoms with Crippen molar-refractivity contribution in [3.05, 3.63) is 0 Å². The molecule has 2 atom stereocenters. The molecule has 0 aromatic heterocycles. The van der Waals surface area contributed by atoms with Gasteiger partial charge in [-0.1, -0.05) is 0 Å². The van der Waals surface area contributed by atoms with Gasteiger partial charge in [0.25, 0.3) is 0 Å². The summed E-state index contributed by atoms with van der Waals surface area (Å²) in [7, 11) is 0. The van der Waals surface area contributed by atoms with E-state index in [9.17, 15) is 9.90 Å². The van der Waals surface area contributed by atoms with E-state index >= 15 is 0 Å². The molecule has 1 aliphatic heterocycles. The molecule has 82 valence electrons. The Kier molecular flexibility index (Phi) is 4.69. The van der Waals surface area contributed by atoms with Crippen molar-refractivity contribution in [2.45, 2.75) is 44.8 Å². The van der Waals surface area contributed by atoms with Crippen molar-refractivity contribution < 1.29 is 9.90 Å². The third-order valence-electron chi connectivity index (χ3n) is 2.73. The second-order valence-corrected chi connectivity index (χ2v) is 4.21. The lowest BCUT2D eigenvalue weighted by molar-refractivity contribution is -0.137. The van der Waals surface area contributed by atoms with Crippen molar-refractivity contribution in [2.75, 3.05) is 12.4 Å². The lowest BCUT2D eigenvalue weighted by Gasteiger charge is -2.37. The van der Waals surface area contributed by atoms with Crippen LogP contribution in [0.1, 0.15) is 32.6 Å². The van der Waals surface area contributed by atoms with Gasteiger partial charge in [-0.2, -0.15) is 0 Å². The molecule has 1 fully saturated rings. The normalized spacial score (nSPS) is 24.8. The summed E-state index contributed by atoms with van der Waals surface area (Å²) in [4.78, 5) is 13.4. The van der Waals surface area contributed by atoms with Gasteiger partial charge in [0.05, 0.1) is 12.1 Å². The fourth-order valence-electron chi connectivity index (χ4n) is 1.99. The molecule has 1 N–H and O–H groups in total. The van der Waals surface area contributed by atoms with Crippen LogP contribution in [0.4, 0.5) is 0 Å². The quantitative estimate of drug-likeness (QED) is 0.729. The molecule has 0 aromatic carbocycles. The number of alkyl halides is 1. The Morgan fingerprint density at radius 2 is 2.36 bits per heavy atom. The predicted molar refractivity (Wildman–Crippen MR) is 56.4 cm³/mol. The lowest BCUT2D eigenvalue weighted by atomic mass is 9.98. The molecule has 0 saturated carbocycles. The largest absolute Gasteiger partial charge is 0.391 e. The first-order valence-corrected chi connectivity index (χ1v) is 5.73. The molecule has 1 aliphatic rings. The highest BCUT2D eigenvalue weighted by atomic mass is 35.5. The van der Waals surface area contributed by atoms with Gasteiger partial charge in [0.1, 0.15) is 0 Å². The van der Waals surface area contributed by atoms with Crippen molar-refractivity contribution in [1.82, 2.24) is 4.90 Å². The highest BCUT2D eigenvalue weighted by Crippen LogP contribution is 2.20. The molecule has 0 spiro atoms. The molecule has 0 aromatic rings. The van der Waals surface area contributed by atoms with Gasteiger partial charge in [-0.05, 0) is 26.2 Å². The molecule has 1 heterocycles. The number of halogens is 1. The number of nitrogens with zero attached hydrogens (tertiary/aromatic N) is 1. The number of hydrogen-bond donors (Lipinski definition) is 1. The van der Waals surface area contributed by atoms with Gasteiger partial charge in [-0.15, -0.1) is 11.6 Å². The summed E-state index contributed by atoms with van der Waals surface area (Å²) in [5, 5.41) is 9.54. The SMILES string of the molecule is CC(O)C1CCCCN1C(=O)CCCl. The minimum absolute atomic E-state index is 0.000494. The van der Waals surface area contributed by atoms with E-state index < -0.39 is 6.10 Å². The molecule has 14 heavy (non-hydrogen) atoms. The number of rotatable bonds is 3. The Morgan fingerprint density at radius 3 is 2.93 bits per heavy atom. The van der Waals surface area contributed by atoms with Crippen LogP contribution < -0.4 is 0 Å². The van der Waals surface area contributed by atoms with E-state index in [0.29, 0.717) is 12.3 Å². The molecule has 0 radical (unpaired) electrons. The molecule has 4 heteroatoms. The van der Waals surface area contributed by atoms with E-state index in [0.717, 1.165) is 25.8 Å². The number of likely N-dealkylation sites (tertiary alicyclic amines) is 1. The van der Waals surface area contributed by atoms with Crippen LogP contribution in [-0.2, 0) is 4.79 Å². The van der Waals surface area contributed by atoms with Crippen LogP contribution in [0.15, 0.2) is 0 Å². The molecule has 3 nitrogen and oxygen atoms in total. The van der Waals surface area contributed by atoms with E-state index in [1.807, 2.05) is 0 Å². The van der Waals surface area contributed by atoms with E-state index in [4.69, 9.17) is 11.6 Å². The topological polar surface area (TPSA) is 40.5 Å².